The van der Waals surface area contributed by atoms with Crippen molar-refractivity contribution in [2.24, 2.45) is 5.92 Å². The Bertz CT molecular complexity index is 490. The van der Waals surface area contributed by atoms with E-state index in [0.717, 1.165) is 11.3 Å². The quantitative estimate of drug-likeness (QED) is 0.821. The van der Waals surface area contributed by atoms with E-state index in [1.807, 2.05) is 19.1 Å². The van der Waals surface area contributed by atoms with Gasteiger partial charge in [-0.1, -0.05) is 43.9 Å². The van der Waals surface area contributed by atoms with Crippen LogP contribution >= 0.6 is 11.6 Å². The maximum atomic E-state index is 12.1. The van der Waals surface area contributed by atoms with Gasteiger partial charge >= 0.3 is 0 Å². The fourth-order valence-corrected chi connectivity index (χ4v) is 3.12. The van der Waals surface area contributed by atoms with Gasteiger partial charge in [0.15, 0.2) is 0 Å². The third-order valence-electron chi connectivity index (χ3n) is 4.36. The number of nitrogens with one attached hydrogen (secondary N) is 2. The van der Waals surface area contributed by atoms with Crippen molar-refractivity contribution < 1.29 is 4.79 Å². The molecule has 4 heteroatoms. The van der Waals surface area contributed by atoms with E-state index in [0.29, 0.717) is 23.5 Å². The predicted molar refractivity (Wildman–Crippen MR) is 88.9 cm³/mol. The number of carbonyl (C=O) groups is 1. The van der Waals surface area contributed by atoms with Crippen molar-refractivity contribution in [2.45, 2.75) is 52.0 Å². The Morgan fingerprint density at radius 3 is 2.86 bits per heavy atom. The van der Waals surface area contributed by atoms with Crippen molar-refractivity contribution in [3.8, 4) is 0 Å². The lowest BCUT2D eigenvalue weighted by molar-refractivity contribution is -0.115. The van der Waals surface area contributed by atoms with Crippen molar-refractivity contribution in [2.75, 3.05) is 11.9 Å². The molecule has 3 nitrogen and oxygen atoms in total. The Kier molecular flexibility index (Phi) is 6.07. The summed E-state index contributed by atoms with van der Waals surface area (Å²) < 4.78 is 0. The van der Waals surface area contributed by atoms with Crippen LogP contribution in [0.25, 0.3) is 0 Å². The number of hydrogen-bond donors (Lipinski definition) is 2. The molecule has 0 heterocycles. The number of anilines is 1. The summed E-state index contributed by atoms with van der Waals surface area (Å²) in [5, 5.41) is 7.00. The van der Waals surface area contributed by atoms with Crippen molar-refractivity contribution in [3.63, 3.8) is 0 Å². The van der Waals surface area contributed by atoms with Crippen LogP contribution in [0.5, 0.6) is 0 Å². The lowest BCUT2D eigenvalue weighted by Gasteiger charge is -2.22. The molecule has 1 aliphatic carbocycles. The van der Waals surface area contributed by atoms with Crippen LogP contribution in [0.1, 0.15) is 44.6 Å². The fourth-order valence-electron chi connectivity index (χ4n) is 2.94. The molecule has 1 aromatic carbocycles. The Morgan fingerprint density at radius 2 is 2.05 bits per heavy atom. The first-order valence-electron chi connectivity index (χ1n) is 7.85. The summed E-state index contributed by atoms with van der Waals surface area (Å²) in [7, 11) is 0. The molecular weight excluding hydrogens is 284 g/mol. The summed E-state index contributed by atoms with van der Waals surface area (Å²) in [5.41, 5.74) is 1.82. The van der Waals surface area contributed by atoms with Crippen LogP contribution in [0.15, 0.2) is 18.2 Å². The molecule has 2 rings (SSSR count). The molecule has 2 unspecified atom stereocenters. The SMILES string of the molecule is Cc1ccc(Cl)cc1NC(=O)CNC1CCCCCC1C. The number of hydrogen-bond acceptors (Lipinski definition) is 2. The number of halogens is 1. The Morgan fingerprint density at radius 1 is 1.29 bits per heavy atom. The third kappa shape index (κ3) is 5.01. The maximum Gasteiger partial charge on any atom is 0.238 e. The monoisotopic (exact) mass is 308 g/mol. The summed E-state index contributed by atoms with van der Waals surface area (Å²) >= 11 is 5.97. The van der Waals surface area contributed by atoms with Gasteiger partial charge in [-0.2, -0.15) is 0 Å². The number of amides is 1. The van der Waals surface area contributed by atoms with Gasteiger partial charge in [0.05, 0.1) is 6.54 Å². The molecule has 1 saturated carbocycles. The second kappa shape index (κ2) is 7.81. The number of carbonyl (C=O) groups excluding carboxylic acids is 1. The molecule has 2 N–H and O–H groups in total. The molecule has 0 spiro atoms. The van der Waals surface area contributed by atoms with Gasteiger partial charge in [0.1, 0.15) is 0 Å². The lowest BCUT2D eigenvalue weighted by Crippen LogP contribution is -2.39. The largest absolute Gasteiger partial charge is 0.325 e. The van der Waals surface area contributed by atoms with Gasteiger partial charge in [-0.15, -0.1) is 0 Å². The average molecular weight is 309 g/mol. The topological polar surface area (TPSA) is 41.1 Å². The molecular formula is C17H25ClN2O. The number of aryl methyl sites for hydroxylation is 1. The molecule has 0 aromatic heterocycles. The van der Waals surface area contributed by atoms with Crippen LogP contribution < -0.4 is 10.6 Å². The van der Waals surface area contributed by atoms with E-state index >= 15 is 0 Å². The molecule has 2 atom stereocenters. The zero-order valence-corrected chi connectivity index (χ0v) is 13.7. The highest BCUT2D eigenvalue weighted by atomic mass is 35.5. The number of rotatable bonds is 4. The zero-order valence-electron chi connectivity index (χ0n) is 12.9. The van der Waals surface area contributed by atoms with Gasteiger partial charge in [-0.05, 0) is 43.4 Å². The van der Waals surface area contributed by atoms with Crippen molar-refractivity contribution in [1.82, 2.24) is 5.32 Å². The minimum atomic E-state index is -0.00295. The van der Waals surface area contributed by atoms with Gasteiger partial charge in [0, 0.05) is 16.8 Å². The highest BCUT2D eigenvalue weighted by molar-refractivity contribution is 6.31. The van der Waals surface area contributed by atoms with E-state index in [9.17, 15) is 4.79 Å². The smallest absolute Gasteiger partial charge is 0.238 e. The second-order valence-corrected chi connectivity index (χ2v) is 6.55. The van der Waals surface area contributed by atoms with Crippen LogP contribution in [-0.2, 0) is 4.79 Å². The molecule has 1 amide bonds. The molecule has 1 fully saturated rings. The minimum Gasteiger partial charge on any atom is -0.325 e. The Balaban J connectivity index is 1.85. The van der Waals surface area contributed by atoms with E-state index in [1.165, 1.54) is 32.1 Å². The van der Waals surface area contributed by atoms with Crippen LogP contribution in [0, 0.1) is 12.8 Å². The van der Waals surface area contributed by atoms with Gasteiger partial charge in [-0.3, -0.25) is 4.79 Å². The van der Waals surface area contributed by atoms with E-state index in [1.54, 1.807) is 6.07 Å². The van der Waals surface area contributed by atoms with Gasteiger partial charge in [-0.25, -0.2) is 0 Å². The summed E-state index contributed by atoms with van der Waals surface area (Å²) in [6.07, 6.45) is 6.32. The first-order chi connectivity index (χ1) is 10.1. The van der Waals surface area contributed by atoms with Crippen LogP contribution in [0.4, 0.5) is 5.69 Å². The zero-order chi connectivity index (χ0) is 15.2. The third-order valence-corrected chi connectivity index (χ3v) is 4.60. The van der Waals surface area contributed by atoms with E-state index in [-0.39, 0.29) is 5.91 Å². The predicted octanol–water partition coefficient (Wildman–Crippen LogP) is 4.15. The first kappa shape index (κ1) is 16.3. The lowest BCUT2D eigenvalue weighted by atomic mass is 9.97. The summed E-state index contributed by atoms with van der Waals surface area (Å²) in [6.45, 7) is 4.61. The average Bonchev–Trinajstić information content (AvgIpc) is 2.65. The first-order valence-corrected chi connectivity index (χ1v) is 8.23. The molecule has 1 aliphatic rings. The highest BCUT2D eigenvalue weighted by Gasteiger charge is 2.20. The molecule has 0 bridgehead atoms. The maximum absolute atomic E-state index is 12.1. The van der Waals surface area contributed by atoms with Gasteiger partial charge in [0.25, 0.3) is 0 Å². The van der Waals surface area contributed by atoms with Crippen molar-refractivity contribution in [1.29, 1.82) is 0 Å². The molecule has 116 valence electrons. The second-order valence-electron chi connectivity index (χ2n) is 6.11. The standard InChI is InChI=1S/C17H25ClN2O/c1-12-6-4-3-5-7-15(12)19-11-17(21)20-16-10-14(18)9-8-13(16)2/h8-10,12,15,19H,3-7,11H2,1-2H3,(H,20,21). The Hall–Kier alpha value is -1.06. The summed E-state index contributed by atoms with van der Waals surface area (Å²) in [4.78, 5) is 12.1. The van der Waals surface area contributed by atoms with Crippen LogP contribution in [0.3, 0.4) is 0 Å². The summed E-state index contributed by atoms with van der Waals surface area (Å²) in [5.74, 6) is 0.644. The highest BCUT2D eigenvalue weighted by Crippen LogP contribution is 2.23. The van der Waals surface area contributed by atoms with Crippen molar-refractivity contribution in [3.05, 3.63) is 28.8 Å². The molecule has 0 radical (unpaired) electrons. The molecule has 0 saturated heterocycles. The minimum absolute atomic E-state index is 0.00295. The summed E-state index contributed by atoms with van der Waals surface area (Å²) in [6, 6.07) is 6.00. The number of benzene rings is 1. The fraction of sp³-hybridized carbons (Fsp3) is 0.588. The van der Waals surface area contributed by atoms with E-state index in [2.05, 4.69) is 17.6 Å². The van der Waals surface area contributed by atoms with Crippen LogP contribution in [0.2, 0.25) is 5.02 Å². The normalized spacial score (nSPS) is 22.6. The Labute approximate surface area is 132 Å². The van der Waals surface area contributed by atoms with E-state index < -0.39 is 0 Å². The van der Waals surface area contributed by atoms with Gasteiger partial charge in [0.2, 0.25) is 5.91 Å². The van der Waals surface area contributed by atoms with Crippen LogP contribution in [-0.4, -0.2) is 18.5 Å². The molecule has 0 aliphatic heterocycles. The molecule has 21 heavy (non-hydrogen) atoms. The molecule has 1 aromatic rings. The van der Waals surface area contributed by atoms with E-state index in [4.69, 9.17) is 11.6 Å². The van der Waals surface area contributed by atoms with Gasteiger partial charge < -0.3 is 10.6 Å². The van der Waals surface area contributed by atoms with Crippen molar-refractivity contribution >= 4 is 23.2 Å².